The van der Waals surface area contributed by atoms with Crippen LogP contribution in [0.15, 0.2) is 48.5 Å². The number of carbonyl (C=O) groups excluding carboxylic acids is 3. The van der Waals surface area contributed by atoms with Crippen molar-refractivity contribution in [3.8, 4) is 5.75 Å². The highest BCUT2D eigenvalue weighted by Gasteiger charge is 2.39. The van der Waals surface area contributed by atoms with E-state index in [-0.39, 0.29) is 24.4 Å². The van der Waals surface area contributed by atoms with Crippen LogP contribution in [0.5, 0.6) is 5.75 Å². The van der Waals surface area contributed by atoms with Gasteiger partial charge in [-0.15, -0.1) is 0 Å². The first-order valence-electron chi connectivity index (χ1n) is 8.27. The first-order chi connectivity index (χ1) is 13.0. The summed E-state index contributed by atoms with van der Waals surface area (Å²) in [7, 11) is 1.55. The average molecular weight is 371 g/mol. The lowest BCUT2D eigenvalue weighted by molar-refractivity contribution is -0.122. The Bertz CT molecular complexity index is 870. The molecule has 0 unspecified atom stereocenters. The molecule has 0 saturated carbocycles. The number of amides is 3. The SMILES string of the molecule is COc1ccc(CC(=O)NN[C@H]2CC(=O)N(c3cccc(F)c3)C2=O)cc1. The van der Waals surface area contributed by atoms with E-state index in [0.29, 0.717) is 5.75 Å². The van der Waals surface area contributed by atoms with Crippen molar-refractivity contribution >= 4 is 23.4 Å². The summed E-state index contributed by atoms with van der Waals surface area (Å²) in [5, 5.41) is 0. The van der Waals surface area contributed by atoms with Gasteiger partial charge < -0.3 is 4.74 Å². The maximum absolute atomic E-state index is 13.4. The Kier molecular flexibility index (Phi) is 5.46. The molecule has 7 nitrogen and oxygen atoms in total. The molecule has 0 bridgehead atoms. The second kappa shape index (κ2) is 7.96. The number of ether oxygens (including phenoxy) is 1. The number of imide groups is 1. The predicted molar refractivity (Wildman–Crippen MR) is 95.3 cm³/mol. The number of nitrogens with zero attached hydrogens (tertiary/aromatic N) is 1. The second-order valence-electron chi connectivity index (χ2n) is 6.02. The van der Waals surface area contributed by atoms with E-state index in [1.807, 2.05) is 0 Å². The molecule has 1 saturated heterocycles. The molecule has 0 aliphatic carbocycles. The first kappa shape index (κ1) is 18.5. The van der Waals surface area contributed by atoms with E-state index >= 15 is 0 Å². The number of halogens is 1. The Morgan fingerprint density at radius 3 is 2.63 bits per heavy atom. The highest BCUT2D eigenvalue weighted by atomic mass is 19.1. The maximum atomic E-state index is 13.4. The fraction of sp³-hybridized carbons (Fsp3) is 0.211. The van der Waals surface area contributed by atoms with Gasteiger partial charge in [0.05, 0.1) is 25.6 Å². The van der Waals surface area contributed by atoms with Gasteiger partial charge in [0.15, 0.2) is 0 Å². The van der Waals surface area contributed by atoms with Crippen molar-refractivity contribution < 1.29 is 23.5 Å². The van der Waals surface area contributed by atoms with Gasteiger partial charge in [-0.2, -0.15) is 0 Å². The molecule has 2 N–H and O–H groups in total. The zero-order valence-electron chi connectivity index (χ0n) is 14.6. The van der Waals surface area contributed by atoms with E-state index in [2.05, 4.69) is 10.9 Å². The second-order valence-corrected chi connectivity index (χ2v) is 6.02. The number of benzene rings is 2. The van der Waals surface area contributed by atoms with Gasteiger partial charge in [0.25, 0.3) is 5.91 Å². The van der Waals surface area contributed by atoms with E-state index < -0.39 is 23.7 Å². The minimum absolute atomic E-state index is 0.0967. The molecule has 1 aliphatic heterocycles. The van der Waals surface area contributed by atoms with Crippen LogP contribution >= 0.6 is 0 Å². The van der Waals surface area contributed by atoms with Crippen molar-refractivity contribution in [2.45, 2.75) is 18.9 Å². The highest BCUT2D eigenvalue weighted by Crippen LogP contribution is 2.23. The molecule has 2 aromatic carbocycles. The maximum Gasteiger partial charge on any atom is 0.253 e. The minimum Gasteiger partial charge on any atom is -0.497 e. The Balaban J connectivity index is 1.57. The van der Waals surface area contributed by atoms with Crippen LogP contribution in [0.3, 0.4) is 0 Å². The lowest BCUT2D eigenvalue weighted by atomic mass is 10.1. The van der Waals surface area contributed by atoms with Gasteiger partial charge in [-0.1, -0.05) is 18.2 Å². The van der Waals surface area contributed by atoms with E-state index in [1.54, 1.807) is 31.4 Å². The Labute approximate surface area is 155 Å². The van der Waals surface area contributed by atoms with E-state index in [1.165, 1.54) is 18.2 Å². The number of hydrogen-bond donors (Lipinski definition) is 2. The summed E-state index contributed by atoms with van der Waals surface area (Å²) in [5.41, 5.74) is 5.97. The summed E-state index contributed by atoms with van der Waals surface area (Å²) >= 11 is 0. The van der Waals surface area contributed by atoms with Crippen molar-refractivity contribution in [2.75, 3.05) is 12.0 Å². The van der Waals surface area contributed by atoms with Crippen LogP contribution in [0.1, 0.15) is 12.0 Å². The van der Waals surface area contributed by atoms with Crippen LogP contribution in [0.25, 0.3) is 0 Å². The van der Waals surface area contributed by atoms with Gasteiger partial charge in [0.2, 0.25) is 11.8 Å². The Morgan fingerprint density at radius 1 is 1.22 bits per heavy atom. The van der Waals surface area contributed by atoms with Crippen molar-refractivity contribution in [3.63, 3.8) is 0 Å². The van der Waals surface area contributed by atoms with Crippen molar-refractivity contribution in [1.82, 2.24) is 10.9 Å². The fourth-order valence-corrected chi connectivity index (χ4v) is 2.77. The molecule has 27 heavy (non-hydrogen) atoms. The number of hydrogen-bond acceptors (Lipinski definition) is 5. The lowest BCUT2D eigenvalue weighted by Crippen LogP contribution is -2.48. The molecular weight excluding hydrogens is 353 g/mol. The number of rotatable bonds is 6. The number of carbonyl (C=O) groups is 3. The van der Waals surface area contributed by atoms with E-state index in [0.717, 1.165) is 16.5 Å². The average Bonchev–Trinajstić information content (AvgIpc) is 2.94. The van der Waals surface area contributed by atoms with Crippen molar-refractivity contribution in [3.05, 3.63) is 59.9 Å². The largest absolute Gasteiger partial charge is 0.497 e. The van der Waals surface area contributed by atoms with Crippen LogP contribution < -0.4 is 20.5 Å². The molecule has 8 heteroatoms. The molecule has 3 amide bonds. The molecule has 1 heterocycles. The molecule has 140 valence electrons. The lowest BCUT2D eigenvalue weighted by Gasteiger charge is -2.16. The number of hydrazine groups is 1. The fourth-order valence-electron chi connectivity index (χ4n) is 2.77. The molecule has 1 atom stereocenters. The number of nitrogens with one attached hydrogen (secondary N) is 2. The first-order valence-corrected chi connectivity index (χ1v) is 8.27. The van der Waals surface area contributed by atoms with Crippen molar-refractivity contribution in [1.29, 1.82) is 0 Å². The predicted octanol–water partition coefficient (Wildman–Crippen LogP) is 1.33. The van der Waals surface area contributed by atoms with E-state index in [9.17, 15) is 18.8 Å². The third-order valence-corrected chi connectivity index (χ3v) is 4.12. The molecule has 2 aromatic rings. The summed E-state index contributed by atoms with van der Waals surface area (Å²) in [6.45, 7) is 0. The van der Waals surface area contributed by atoms with Crippen molar-refractivity contribution in [2.24, 2.45) is 0 Å². The quantitative estimate of drug-likeness (QED) is 0.591. The summed E-state index contributed by atoms with van der Waals surface area (Å²) in [6, 6.07) is 11.3. The summed E-state index contributed by atoms with van der Waals surface area (Å²) in [4.78, 5) is 37.5. The smallest absolute Gasteiger partial charge is 0.253 e. The highest BCUT2D eigenvalue weighted by molar-refractivity contribution is 6.22. The van der Waals surface area contributed by atoms with Crippen LogP contribution in [0.2, 0.25) is 0 Å². The zero-order chi connectivity index (χ0) is 19.4. The van der Waals surface area contributed by atoms with Crippen LogP contribution in [-0.2, 0) is 20.8 Å². The molecule has 0 aromatic heterocycles. The van der Waals surface area contributed by atoms with Gasteiger partial charge in [-0.3, -0.25) is 19.8 Å². The van der Waals surface area contributed by atoms with Crippen LogP contribution in [0.4, 0.5) is 10.1 Å². The number of methoxy groups -OCH3 is 1. The summed E-state index contributed by atoms with van der Waals surface area (Å²) in [5.74, 6) is -1.23. The Morgan fingerprint density at radius 2 is 1.96 bits per heavy atom. The van der Waals surface area contributed by atoms with Gasteiger partial charge in [-0.25, -0.2) is 14.7 Å². The third-order valence-electron chi connectivity index (χ3n) is 4.12. The molecule has 0 radical (unpaired) electrons. The standard InChI is InChI=1S/C19H18FN3O4/c1-27-15-7-5-12(6-8-15)9-17(24)22-21-16-11-18(25)23(19(16)26)14-4-2-3-13(20)10-14/h2-8,10,16,21H,9,11H2,1H3,(H,22,24)/t16-/m0/s1. The molecule has 1 fully saturated rings. The van der Waals surface area contributed by atoms with Gasteiger partial charge in [-0.05, 0) is 35.9 Å². The van der Waals surface area contributed by atoms with Gasteiger partial charge in [0, 0.05) is 0 Å². The Hall–Kier alpha value is -3.26. The molecule has 3 rings (SSSR count). The minimum atomic E-state index is -0.902. The van der Waals surface area contributed by atoms with Crippen LogP contribution in [0, 0.1) is 5.82 Å². The van der Waals surface area contributed by atoms with E-state index in [4.69, 9.17) is 4.74 Å². The normalized spacial score (nSPS) is 16.5. The summed E-state index contributed by atoms with van der Waals surface area (Å²) < 4.78 is 18.4. The van der Waals surface area contributed by atoms with Gasteiger partial charge >= 0.3 is 0 Å². The monoisotopic (exact) mass is 371 g/mol. The molecular formula is C19H18FN3O4. The summed E-state index contributed by atoms with van der Waals surface area (Å²) in [6.07, 6.45) is -0.0301. The third kappa shape index (κ3) is 4.29. The zero-order valence-corrected chi connectivity index (χ0v) is 14.6. The van der Waals surface area contributed by atoms with Gasteiger partial charge in [0.1, 0.15) is 17.6 Å². The molecule has 1 aliphatic rings. The number of anilines is 1. The van der Waals surface area contributed by atoms with Crippen LogP contribution in [-0.4, -0.2) is 30.9 Å². The topological polar surface area (TPSA) is 87.7 Å². The molecule has 0 spiro atoms.